The van der Waals surface area contributed by atoms with Crippen LogP contribution in [0.3, 0.4) is 0 Å². The summed E-state index contributed by atoms with van der Waals surface area (Å²) in [5.74, 6) is 1.41. The van der Waals surface area contributed by atoms with Gasteiger partial charge in [0, 0.05) is 16.8 Å². The van der Waals surface area contributed by atoms with Gasteiger partial charge in [-0.2, -0.15) is 5.10 Å². The Morgan fingerprint density at radius 1 is 1.00 bits per heavy atom. The van der Waals surface area contributed by atoms with E-state index in [0.717, 1.165) is 16.7 Å². The molecular weight excluding hydrogens is 430 g/mol. The minimum atomic E-state index is -0.244. The normalized spacial score (nSPS) is 13.0. The van der Waals surface area contributed by atoms with Crippen molar-refractivity contribution in [2.75, 3.05) is 13.2 Å². The predicted octanol–water partition coefficient (Wildman–Crippen LogP) is 3.58. The highest BCUT2D eigenvalue weighted by Gasteiger charge is 2.16. The second-order valence-electron chi connectivity index (χ2n) is 7.46. The first-order valence-electron chi connectivity index (χ1n) is 10.1. The van der Waals surface area contributed by atoms with Gasteiger partial charge in [0.15, 0.2) is 22.7 Å². The molecule has 0 amide bonds. The van der Waals surface area contributed by atoms with E-state index >= 15 is 0 Å². The Morgan fingerprint density at radius 3 is 2.75 bits per heavy atom. The summed E-state index contributed by atoms with van der Waals surface area (Å²) < 4.78 is 14.4. The highest BCUT2D eigenvalue weighted by molar-refractivity contribution is 6.30. The summed E-state index contributed by atoms with van der Waals surface area (Å²) in [6, 6.07) is 14.9. The largest absolute Gasteiger partial charge is 0.486 e. The summed E-state index contributed by atoms with van der Waals surface area (Å²) in [5.41, 5.74) is 3.75. The van der Waals surface area contributed by atoms with Gasteiger partial charge in [-0.1, -0.05) is 29.8 Å². The molecule has 0 saturated heterocycles. The van der Waals surface area contributed by atoms with Crippen molar-refractivity contribution in [1.82, 2.24) is 24.4 Å². The van der Waals surface area contributed by atoms with Gasteiger partial charge in [-0.05, 0) is 41.5 Å². The smallest absolute Gasteiger partial charge is 0.280 e. The predicted molar refractivity (Wildman–Crippen MR) is 120 cm³/mol. The van der Waals surface area contributed by atoms with E-state index in [1.165, 1.54) is 0 Å². The fourth-order valence-corrected chi connectivity index (χ4v) is 4.09. The number of ether oxygens (including phenoxy) is 2. The Kier molecular flexibility index (Phi) is 4.32. The molecular formula is C23H16ClN5O3. The maximum atomic E-state index is 13.1. The molecule has 0 spiro atoms. The van der Waals surface area contributed by atoms with Crippen molar-refractivity contribution in [3.8, 4) is 22.6 Å². The van der Waals surface area contributed by atoms with Crippen LogP contribution in [0.4, 0.5) is 0 Å². The Balaban J connectivity index is 1.41. The van der Waals surface area contributed by atoms with Crippen LogP contribution in [0, 0.1) is 0 Å². The highest BCUT2D eigenvalue weighted by atomic mass is 35.5. The third-order valence-electron chi connectivity index (χ3n) is 5.43. The molecule has 0 atom stereocenters. The van der Waals surface area contributed by atoms with E-state index in [0.29, 0.717) is 47.4 Å². The van der Waals surface area contributed by atoms with E-state index in [9.17, 15) is 4.79 Å². The molecule has 158 valence electrons. The molecule has 0 unspecified atom stereocenters. The van der Waals surface area contributed by atoms with Crippen LogP contribution in [0.2, 0.25) is 5.02 Å². The molecule has 5 aromatic rings. The molecule has 8 nitrogen and oxygen atoms in total. The van der Waals surface area contributed by atoms with E-state index in [4.69, 9.17) is 21.1 Å². The molecule has 6 rings (SSSR count). The molecule has 1 aliphatic heterocycles. The second-order valence-corrected chi connectivity index (χ2v) is 7.90. The van der Waals surface area contributed by atoms with Crippen LogP contribution in [0.15, 0.2) is 65.7 Å². The quantitative estimate of drug-likeness (QED) is 0.422. The molecule has 3 aromatic heterocycles. The molecule has 0 bridgehead atoms. The minimum Gasteiger partial charge on any atom is -0.486 e. The van der Waals surface area contributed by atoms with Crippen LogP contribution in [0.1, 0.15) is 5.56 Å². The van der Waals surface area contributed by atoms with Crippen molar-refractivity contribution >= 4 is 28.3 Å². The standard InChI is InChI=1S/C23H16ClN5O3/c24-16-3-1-2-15(11-16)17-12-25-29-18-6-7-28(23(30)21(18)26-27-22(17)29)13-14-4-5-19-20(10-14)32-9-8-31-19/h1-7,10-12H,8-9,13H2. The van der Waals surface area contributed by atoms with E-state index < -0.39 is 0 Å². The Morgan fingerprint density at radius 2 is 1.88 bits per heavy atom. The zero-order valence-corrected chi connectivity index (χ0v) is 17.5. The monoisotopic (exact) mass is 445 g/mol. The molecule has 2 aromatic carbocycles. The molecule has 9 heteroatoms. The molecule has 0 radical (unpaired) electrons. The maximum Gasteiger partial charge on any atom is 0.280 e. The number of fused-ring (bicyclic) bond motifs is 4. The molecule has 0 aliphatic carbocycles. The molecule has 0 fully saturated rings. The zero-order chi connectivity index (χ0) is 21.7. The molecule has 32 heavy (non-hydrogen) atoms. The van der Waals surface area contributed by atoms with Gasteiger partial charge in [0.1, 0.15) is 18.7 Å². The Hall–Kier alpha value is -3.91. The lowest BCUT2D eigenvalue weighted by molar-refractivity contribution is 0.171. The number of rotatable bonds is 3. The van der Waals surface area contributed by atoms with Crippen molar-refractivity contribution < 1.29 is 9.47 Å². The van der Waals surface area contributed by atoms with E-state index in [2.05, 4.69) is 15.3 Å². The molecule has 0 saturated carbocycles. The van der Waals surface area contributed by atoms with Crippen molar-refractivity contribution in [3.63, 3.8) is 0 Å². The van der Waals surface area contributed by atoms with E-state index in [1.807, 2.05) is 48.5 Å². The fraction of sp³-hybridized carbons (Fsp3) is 0.130. The van der Waals surface area contributed by atoms with Gasteiger partial charge in [0.25, 0.3) is 5.56 Å². The van der Waals surface area contributed by atoms with Crippen LogP contribution in [-0.4, -0.2) is 37.6 Å². The van der Waals surface area contributed by atoms with Crippen molar-refractivity contribution in [3.05, 3.63) is 81.9 Å². The van der Waals surface area contributed by atoms with Crippen molar-refractivity contribution in [1.29, 1.82) is 0 Å². The van der Waals surface area contributed by atoms with E-state index in [-0.39, 0.29) is 11.1 Å². The van der Waals surface area contributed by atoms with E-state index in [1.54, 1.807) is 21.5 Å². The van der Waals surface area contributed by atoms with Gasteiger partial charge in [0.05, 0.1) is 12.7 Å². The number of hydrogen-bond donors (Lipinski definition) is 0. The number of nitrogens with zero attached hydrogens (tertiary/aromatic N) is 5. The first-order chi connectivity index (χ1) is 15.7. The Labute approximate surface area is 186 Å². The van der Waals surface area contributed by atoms with Crippen LogP contribution >= 0.6 is 11.6 Å². The average Bonchev–Trinajstić information content (AvgIpc) is 3.25. The summed E-state index contributed by atoms with van der Waals surface area (Å²) in [6.45, 7) is 1.42. The summed E-state index contributed by atoms with van der Waals surface area (Å²) in [4.78, 5) is 13.1. The van der Waals surface area contributed by atoms with Gasteiger partial charge in [-0.15, -0.1) is 10.2 Å². The summed E-state index contributed by atoms with van der Waals surface area (Å²) in [6.07, 6.45) is 3.44. The lowest BCUT2D eigenvalue weighted by Crippen LogP contribution is -2.22. The molecule has 4 heterocycles. The lowest BCUT2D eigenvalue weighted by Gasteiger charge is -2.19. The van der Waals surface area contributed by atoms with Crippen LogP contribution in [0.5, 0.6) is 11.5 Å². The number of halogens is 1. The SMILES string of the molecule is O=c1c2nnc3c(-c4cccc(Cl)c4)cnn3c2ccn1Cc1ccc2c(c1)OCCO2. The summed E-state index contributed by atoms with van der Waals surface area (Å²) in [7, 11) is 0. The minimum absolute atomic E-state index is 0.244. The van der Waals surface area contributed by atoms with Gasteiger partial charge in [0.2, 0.25) is 0 Å². The summed E-state index contributed by atoms with van der Waals surface area (Å²) >= 11 is 6.13. The first kappa shape index (κ1) is 18.8. The highest BCUT2D eigenvalue weighted by Crippen LogP contribution is 2.31. The number of pyridine rings is 1. The lowest BCUT2D eigenvalue weighted by atomic mass is 10.1. The Bertz CT molecular complexity index is 1560. The average molecular weight is 446 g/mol. The second kappa shape index (κ2) is 7.35. The topological polar surface area (TPSA) is 83.5 Å². The van der Waals surface area contributed by atoms with Gasteiger partial charge in [-0.25, -0.2) is 4.52 Å². The van der Waals surface area contributed by atoms with Gasteiger partial charge in [-0.3, -0.25) is 4.79 Å². The molecule has 0 N–H and O–H groups in total. The third kappa shape index (κ3) is 3.07. The first-order valence-corrected chi connectivity index (χ1v) is 10.4. The van der Waals surface area contributed by atoms with Crippen molar-refractivity contribution in [2.45, 2.75) is 6.54 Å². The van der Waals surface area contributed by atoms with Crippen LogP contribution in [-0.2, 0) is 6.54 Å². The van der Waals surface area contributed by atoms with Crippen LogP contribution in [0.25, 0.3) is 27.8 Å². The third-order valence-corrected chi connectivity index (χ3v) is 5.67. The zero-order valence-electron chi connectivity index (χ0n) is 16.7. The van der Waals surface area contributed by atoms with Crippen molar-refractivity contribution in [2.24, 2.45) is 0 Å². The molecule has 1 aliphatic rings. The number of hydrogen-bond acceptors (Lipinski definition) is 6. The van der Waals surface area contributed by atoms with Gasteiger partial charge < -0.3 is 14.0 Å². The fourth-order valence-electron chi connectivity index (χ4n) is 3.90. The summed E-state index contributed by atoms with van der Waals surface area (Å²) in [5, 5.41) is 13.6. The van der Waals surface area contributed by atoms with Crippen LogP contribution < -0.4 is 15.0 Å². The number of benzene rings is 2. The maximum absolute atomic E-state index is 13.1. The number of aromatic nitrogens is 5. The van der Waals surface area contributed by atoms with Gasteiger partial charge >= 0.3 is 0 Å².